The number of halogens is 3. The molecule has 0 bridgehead atoms. The lowest BCUT2D eigenvalue weighted by Crippen LogP contribution is -2.49. The van der Waals surface area contributed by atoms with Gasteiger partial charge in [-0.15, -0.1) is 0 Å². The van der Waals surface area contributed by atoms with Crippen LogP contribution in [0.3, 0.4) is 0 Å². The number of nitrogens with zero attached hydrogens (tertiary/aromatic N) is 2. The van der Waals surface area contributed by atoms with Crippen molar-refractivity contribution in [3.05, 3.63) is 63.4 Å². The maximum Gasteiger partial charge on any atom is 0.237 e. The Balaban J connectivity index is 1.28. The molecular formula is C33H42Cl2FN5O2. The van der Waals surface area contributed by atoms with Crippen LogP contribution in [-0.4, -0.2) is 79.0 Å². The minimum Gasteiger partial charge on any atom is -0.355 e. The van der Waals surface area contributed by atoms with Gasteiger partial charge >= 0.3 is 0 Å². The lowest BCUT2D eigenvalue weighted by Gasteiger charge is -2.37. The molecule has 1 saturated carbocycles. The largest absolute Gasteiger partial charge is 0.355 e. The lowest BCUT2D eigenvalue weighted by atomic mass is 9.62. The summed E-state index contributed by atoms with van der Waals surface area (Å²) in [5.41, 5.74) is 0.124. The normalized spacial score (nSPS) is 27.9. The first-order valence-corrected chi connectivity index (χ1v) is 16.3. The van der Waals surface area contributed by atoms with E-state index < -0.39 is 29.2 Å². The molecule has 7 nitrogen and oxygen atoms in total. The molecule has 3 heterocycles. The van der Waals surface area contributed by atoms with Crippen molar-refractivity contribution in [2.24, 2.45) is 5.41 Å². The molecule has 6 rings (SSSR count). The molecule has 2 saturated heterocycles. The number of anilines is 1. The van der Waals surface area contributed by atoms with Crippen LogP contribution >= 0.6 is 23.2 Å². The maximum atomic E-state index is 15.9. The number of benzene rings is 2. The van der Waals surface area contributed by atoms with Gasteiger partial charge in [-0.05, 0) is 67.0 Å². The number of carbonyl (C=O) groups excluding carboxylic acids is 2. The van der Waals surface area contributed by atoms with Gasteiger partial charge in [0.2, 0.25) is 11.8 Å². The van der Waals surface area contributed by atoms with Crippen LogP contribution in [-0.2, 0) is 15.0 Å². The number of fused-ring (bicyclic) bond motifs is 2. The molecule has 4 atom stereocenters. The van der Waals surface area contributed by atoms with Crippen LogP contribution < -0.4 is 16.0 Å². The van der Waals surface area contributed by atoms with Crippen LogP contribution in [0.4, 0.5) is 10.1 Å². The highest BCUT2D eigenvalue weighted by Gasteiger charge is 2.66. The van der Waals surface area contributed by atoms with Crippen molar-refractivity contribution in [2.45, 2.75) is 75.9 Å². The molecule has 43 heavy (non-hydrogen) atoms. The molecule has 2 amide bonds. The van der Waals surface area contributed by atoms with E-state index in [4.69, 9.17) is 23.2 Å². The zero-order valence-corrected chi connectivity index (χ0v) is 26.7. The molecule has 232 valence electrons. The highest BCUT2D eigenvalue weighted by molar-refractivity contribution is 6.31. The van der Waals surface area contributed by atoms with Gasteiger partial charge in [-0.25, -0.2) is 4.39 Å². The van der Waals surface area contributed by atoms with Gasteiger partial charge in [-0.1, -0.05) is 62.2 Å². The maximum absolute atomic E-state index is 15.9. The van der Waals surface area contributed by atoms with E-state index in [1.165, 1.54) is 18.9 Å². The first-order valence-electron chi connectivity index (χ1n) is 15.5. The summed E-state index contributed by atoms with van der Waals surface area (Å²) in [7, 11) is 0. The SMILES string of the molecule is CC(C)(C)C[C@H]1N[C@@H](C(=O)NCCCN2CCN(C3CC3)CC2)[C@H](c2cccc(Cl)c2F)[C@@]12C(=O)Nc1cc(Cl)ccc12. The Kier molecular flexibility index (Phi) is 8.54. The molecule has 3 N–H and O–H groups in total. The molecule has 3 fully saturated rings. The Hall–Kier alpha value is -2.23. The van der Waals surface area contributed by atoms with Crippen LogP contribution in [0.5, 0.6) is 0 Å². The number of nitrogens with one attached hydrogen (secondary N) is 3. The Morgan fingerprint density at radius 3 is 2.56 bits per heavy atom. The van der Waals surface area contributed by atoms with Crippen molar-refractivity contribution in [2.75, 3.05) is 44.6 Å². The second kappa shape index (κ2) is 11.9. The summed E-state index contributed by atoms with van der Waals surface area (Å²) in [6.07, 6.45) is 4.06. The number of hydrogen-bond donors (Lipinski definition) is 3. The standard InChI is InChI=1S/C33H42Cl2FN5O2/c1-32(2,3)19-26-33(23-11-8-20(34)18-25(23)38-31(33)43)27(22-6-4-7-24(35)28(22)36)29(39-26)30(42)37-12-5-13-40-14-16-41(17-15-40)21-9-10-21/h4,6-8,11,18,21,26-27,29,39H,5,9-10,12-17,19H2,1-3H3,(H,37,42)(H,38,43)/t26-,27+,29-,33+/m1/s1. The first kappa shape index (κ1) is 30.8. The zero-order chi connectivity index (χ0) is 30.5. The van der Waals surface area contributed by atoms with E-state index in [0.29, 0.717) is 29.2 Å². The number of hydrogen-bond acceptors (Lipinski definition) is 5. The van der Waals surface area contributed by atoms with Gasteiger partial charge in [0.25, 0.3) is 0 Å². The molecule has 0 aromatic heterocycles. The van der Waals surface area contributed by atoms with Crippen LogP contribution in [0, 0.1) is 11.2 Å². The highest BCUT2D eigenvalue weighted by atomic mass is 35.5. The smallest absolute Gasteiger partial charge is 0.237 e. The van der Waals surface area contributed by atoms with Crippen molar-refractivity contribution in [1.29, 1.82) is 0 Å². The van der Waals surface area contributed by atoms with Gasteiger partial charge in [0.15, 0.2) is 0 Å². The van der Waals surface area contributed by atoms with E-state index in [-0.39, 0.29) is 27.8 Å². The van der Waals surface area contributed by atoms with Crippen LogP contribution in [0.2, 0.25) is 10.0 Å². The van der Waals surface area contributed by atoms with E-state index in [1.807, 2.05) is 6.07 Å². The van der Waals surface area contributed by atoms with Crippen LogP contribution in [0.1, 0.15) is 63.5 Å². The Morgan fingerprint density at radius 2 is 1.86 bits per heavy atom. The van der Waals surface area contributed by atoms with Crippen LogP contribution in [0.15, 0.2) is 36.4 Å². The van der Waals surface area contributed by atoms with Gasteiger partial charge in [-0.2, -0.15) is 0 Å². The van der Waals surface area contributed by atoms with Crippen molar-refractivity contribution in [1.82, 2.24) is 20.4 Å². The first-order chi connectivity index (χ1) is 20.5. The van der Waals surface area contributed by atoms with Gasteiger partial charge in [0.05, 0.1) is 11.1 Å². The topological polar surface area (TPSA) is 76.7 Å². The second-order valence-electron chi connectivity index (χ2n) is 13.8. The second-order valence-corrected chi connectivity index (χ2v) is 14.7. The average Bonchev–Trinajstić information content (AvgIpc) is 3.70. The lowest BCUT2D eigenvalue weighted by molar-refractivity contribution is -0.123. The highest BCUT2D eigenvalue weighted by Crippen LogP contribution is 2.57. The summed E-state index contributed by atoms with van der Waals surface area (Å²) < 4.78 is 15.9. The fourth-order valence-corrected chi connectivity index (χ4v) is 7.92. The quantitative estimate of drug-likeness (QED) is 0.351. The molecule has 1 aliphatic carbocycles. The van der Waals surface area contributed by atoms with Crippen molar-refractivity contribution >= 4 is 40.7 Å². The predicted octanol–water partition coefficient (Wildman–Crippen LogP) is 5.17. The molecule has 3 aliphatic heterocycles. The van der Waals surface area contributed by atoms with E-state index >= 15 is 4.39 Å². The number of carbonyl (C=O) groups is 2. The molecule has 0 radical (unpaired) electrons. The fraction of sp³-hybridized carbons (Fsp3) is 0.576. The Bertz CT molecular complexity index is 1390. The third-order valence-electron chi connectivity index (χ3n) is 9.64. The number of amides is 2. The van der Waals surface area contributed by atoms with Gasteiger partial charge in [0, 0.05) is 61.4 Å². The summed E-state index contributed by atoms with van der Waals surface area (Å²) in [6, 6.07) is 9.63. The fourth-order valence-electron chi connectivity index (χ4n) is 7.57. The van der Waals surface area contributed by atoms with E-state index in [9.17, 15) is 9.59 Å². The molecule has 10 heteroatoms. The monoisotopic (exact) mass is 629 g/mol. The third kappa shape index (κ3) is 5.94. The molecule has 2 aromatic carbocycles. The summed E-state index contributed by atoms with van der Waals surface area (Å²) in [5, 5.41) is 10.1. The Labute approximate surface area is 263 Å². The van der Waals surface area contributed by atoms with E-state index in [1.54, 1.807) is 24.3 Å². The van der Waals surface area contributed by atoms with E-state index in [0.717, 1.165) is 45.2 Å². The average molecular weight is 631 g/mol. The predicted molar refractivity (Wildman–Crippen MR) is 169 cm³/mol. The minimum atomic E-state index is -1.25. The van der Waals surface area contributed by atoms with Gasteiger partial charge in [0.1, 0.15) is 11.2 Å². The van der Waals surface area contributed by atoms with Crippen molar-refractivity contribution in [3.8, 4) is 0 Å². The van der Waals surface area contributed by atoms with E-state index in [2.05, 4.69) is 46.5 Å². The van der Waals surface area contributed by atoms with Gasteiger partial charge < -0.3 is 20.9 Å². The zero-order valence-electron chi connectivity index (χ0n) is 25.2. The summed E-state index contributed by atoms with van der Waals surface area (Å²) in [4.78, 5) is 33.3. The van der Waals surface area contributed by atoms with Gasteiger partial charge in [-0.3, -0.25) is 14.5 Å². The number of piperazine rings is 1. The molecule has 0 unspecified atom stereocenters. The molecule has 4 aliphatic rings. The summed E-state index contributed by atoms with van der Waals surface area (Å²) in [5.74, 6) is -1.95. The summed E-state index contributed by atoms with van der Waals surface area (Å²) >= 11 is 12.6. The van der Waals surface area contributed by atoms with Crippen molar-refractivity contribution < 1.29 is 14.0 Å². The Morgan fingerprint density at radius 1 is 1.12 bits per heavy atom. The minimum absolute atomic E-state index is 0.0393. The van der Waals surface area contributed by atoms with Crippen molar-refractivity contribution in [3.63, 3.8) is 0 Å². The summed E-state index contributed by atoms with van der Waals surface area (Å²) in [6.45, 7) is 12.1. The molecule has 2 aromatic rings. The molecular weight excluding hydrogens is 588 g/mol. The molecule has 1 spiro atoms. The third-order valence-corrected chi connectivity index (χ3v) is 10.2. The number of rotatable bonds is 8. The van der Waals surface area contributed by atoms with Crippen LogP contribution in [0.25, 0.3) is 0 Å².